The van der Waals surface area contributed by atoms with Crippen molar-refractivity contribution >= 4 is 17.2 Å². The van der Waals surface area contributed by atoms with Crippen LogP contribution in [0.2, 0.25) is 0 Å². The van der Waals surface area contributed by atoms with Crippen LogP contribution in [0.5, 0.6) is 0 Å². The third-order valence-corrected chi connectivity index (χ3v) is 4.75. The molecule has 0 saturated carbocycles. The molecule has 0 fully saturated rings. The van der Waals surface area contributed by atoms with Crippen molar-refractivity contribution in [3.63, 3.8) is 0 Å². The van der Waals surface area contributed by atoms with E-state index < -0.39 is 0 Å². The maximum atomic E-state index is 14.1. The number of nitrogens with zero attached hydrogens (tertiary/aromatic N) is 3. The molecule has 0 aliphatic heterocycles. The lowest BCUT2D eigenvalue weighted by atomic mass is 10.1. The number of benzene rings is 1. The average molecular weight is 342 g/mol. The summed E-state index contributed by atoms with van der Waals surface area (Å²) in [5, 5.41) is 4.08. The van der Waals surface area contributed by atoms with Gasteiger partial charge in [0.1, 0.15) is 6.33 Å². The van der Waals surface area contributed by atoms with Crippen molar-refractivity contribution in [2.24, 2.45) is 0 Å². The molecule has 0 aliphatic carbocycles. The molecule has 24 heavy (non-hydrogen) atoms. The normalized spacial score (nSPS) is 10.8. The largest absolute Gasteiger partial charge is 0.367 e. The molecule has 6 heteroatoms. The Labute approximate surface area is 144 Å². The second-order valence-corrected chi connectivity index (χ2v) is 6.68. The highest BCUT2D eigenvalue weighted by atomic mass is 32.1. The Hall–Kier alpha value is -2.34. The lowest BCUT2D eigenvalue weighted by molar-refractivity contribution is 0.596. The van der Waals surface area contributed by atoms with Crippen molar-refractivity contribution in [2.75, 3.05) is 11.9 Å². The third-order valence-electron chi connectivity index (χ3n) is 3.72. The van der Waals surface area contributed by atoms with Crippen LogP contribution in [0.4, 0.5) is 10.2 Å². The van der Waals surface area contributed by atoms with Gasteiger partial charge in [0, 0.05) is 23.4 Å². The number of hydrogen-bond acceptors (Lipinski definition) is 5. The Morgan fingerprint density at radius 1 is 1.17 bits per heavy atom. The number of thiazole rings is 1. The van der Waals surface area contributed by atoms with Gasteiger partial charge < -0.3 is 5.32 Å². The number of halogens is 1. The first-order chi connectivity index (χ1) is 11.7. The van der Waals surface area contributed by atoms with Gasteiger partial charge in [-0.15, -0.1) is 11.3 Å². The zero-order valence-electron chi connectivity index (χ0n) is 13.7. The van der Waals surface area contributed by atoms with Crippen LogP contribution in [0.1, 0.15) is 22.5 Å². The molecule has 0 aliphatic rings. The Bertz CT molecular complexity index is 817. The minimum atomic E-state index is -0.361. The van der Waals surface area contributed by atoms with Crippen molar-refractivity contribution in [2.45, 2.75) is 26.7 Å². The van der Waals surface area contributed by atoms with Gasteiger partial charge in [-0.1, -0.05) is 37.3 Å². The summed E-state index contributed by atoms with van der Waals surface area (Å²) in [5.74, 6) is -0.0984. The predicted molar refractivity (Wildman–Crippen MR) is 95.8 cm³/mol. The molecule has 3 aromatic rings. The average Bonchev–Trinajstić information content (AvgIpc) is 2.98. The van der Waals surface area contributed by atoms with Crippen LogP contribution in [0, 0.1) is 12.7 Å². The van der Waals surface area contributed by atoms with Crippen molar-refractivity contribution in [3.8, 4) is 11.3 Å². The highest BCUT2D eigenvalue weighted by Crippen LogP contribution is 2.27. The molecule has 0 radical (unpaired) electrons. The van der Waals surface area contributed by atoms with E-state index in [1.54, 1.807) is 11.3 Å². The molecule has 1 N–H and O–H groups in total. The molecule has 2 heterocycles. The van der Waals surface area contributed by atoms with Crippen LogP contribution >= 0.6 is 11.3 Å². The van der Waals surface area contributed by atoms with Crippen LogP contribution in [0.25, 0.3) is 11.3 Å². The fourth-order valence-corrected chi connectivity index (χ4v) is 3.44. The molecule has 2 aromatic heterocycles. The fourth-order valence-electron chi connectivity index (χ4n) is 2.49. The first kappa shape index (κ1) is 16.5. The molecule has 124 valence electrons. The molecule has 0 saturated heterocycles. The summed E-state index contributed by atoms with van der Waals surface area (Å²) in [6, 6.07) is 10.1. The van der Waals surface area contributed by atoms with Crippen LogP contribution in [0.3, 0.4) is 0 Å². The summed E-state index contributed by atoms with van der Waals surface area (Å²) in [6.07, 6.45) is 2.67. The van der Waals surface area contributed by atoms with E-state index in [1.165, 1.54) is 11.2 Å². The molecule has 0 unspecified atom stereocenters. The number of aromatic nitrogens is 3. The number of nitrogens with one attached hydrogen (secondary N) is 1. The van der Waals surface area contributed by atoms with Crippen LogP contribution in [0.15, 0.2) is 36.7 Å². The van der Waals surface area contributed by atoms with Gasteiger partial charge in [-0.25, -0.2) is 19.3 Å². The van der Waals surface area contributed by atoms with Gasteiger partial charge in [-0.3, -0.25) is 0 Å². The van der Waals surface area contributed by atoms with Gasteiger partial charge in [0.25, 0.3) is 0 Å². The lowest BCUT2D eigenvalue weighted by Crippen LogP contribution is -2.10. The minimum Gasteiger partial charge on any atom is -0.367 e. The van der Waals surface area contributed by atoms with E-state index in [1.807, 2.05) is 25.1 Å². The molecule has 0 atom stereocenters. The third kappa shape index (κ3) is 3.59. The quantitative estimate of drug-likeness (QED) is 0.727. The molecule has 3 rings (SSSR count). The molecular weight excluding hydrogens is 323 g/mol. The number of rotatable bonds is 6. The number of aryl methyl sites for hydroxylation is 2. The maximum absolute atomic E-state index is 14.1. The van der Waals surface area contributed by atoms with Gasteiger partial charge in [0.05, 0.1) is 16.4 Å². The summed E-state index contributed by atoms with van der Waals surface area (Å²) in [4.78, 5) is 13.8. The monoisotopic (exact) mass is 342 g/mol. The Kier molecular flexibility index (Phi) is 5.15. The second kappa shape index (κ2) is 7.49. The van der Waals surface area contributed by atoms with E-state index in [4.69, 9.17) is 4.98 Å². The van der Waals surface area contributed by atoms with Gasteiger partial charge >= 0.3 is 0 Å². The highest BCUT2D eigenvalue weighted by Gasteiger charge is 2.11. The van der Waals surface area contributed by atoms with Gasteiger partial charge in [0.2, 0.25) is 0 Å². The van der Waals surface area contributed by atoms with Gasteiger partial charge in [-0.2, -0.15) is 0 Å². The highest BCUT2D eigenvalue weighted by molar-refractivity contribution is 7.12. The molecule has 0 spiro atoms. The Morgan fingerprint density at radius 3 is 2.71 bits per heavy atom. The van der Waals surface area contributed by atoms with E-state index in [0.29, 0.717) is 18.7 Å². The fraction of sp³-hybridized carbons (Fsp3) is 0.278. The molecule has 4 nitrogen and oxygen atoms in total. The lowest BCUT2D eigenvalue weighted by Gasteiger charge is -2.07. The standard InChI is InChI=1S/C18H19FN4S/c1-3-14-16(19)18(22-11-21-14)20-10-9-15-23-17(12(2)24-15)13-7-5-4-6-8-13/h4-8,11H,3,9-10H2,1-2H3,(H,20,21,22). The minimum absolute atomic E-state index is 0.262. The molecule has 1 aromatic carbocycles. The maximum Gasteiger partial charge on any atom is 0.186 e. The molecular formula is C18H19FN4S. The summed E-state index contributed by atoms with van der Waals surface area (Å²) in [5.41, 5.74) is 2.58. The summed E-state index contributed by atoms with van der Waals surface area (Å²) in [7, 11) is 0. The van der Waals surface area contributed by atoms with Crippen molar-refractivity contribution < 1.29 is 4.39 Å². The van der Waals surface area contributed by atoms with Gasteiger partial charge in [0.15, 0.2) is 11.6 Å². The van der Waals surface area contributed by atoms with E-state index in [0.717, 1.165) is 22.7 Å². The zero-order valence-corrected chi connectivity index (χ0v) is 14.5. The first-order valence-corrected chi connectivity index (χ1v) is 8.75. The summed E-state index contributed by atoms with van der Waals surface area (Å²) in [6.45, 7) is 4.53. The van der Waals surface area contributed by atoms with E-state index in [2.05, 4.69) is 34.3 Å². The Balaban J connectivity index is 1.66. The van der Waals surface area contributed by atoms with Crippen LogP contribution in [-0.4, -0.2) is 21.5 Å². The topological polar surface area (TPSA) is 50.7 Å². The van der Waals surface area contributed by atoms with Crippen molar-refractivity contribution in [3.05, 3.63) is 58.1 Å². The SMILES string of the molecule is CCc1ncnc(NCCc2nc(-c3ccccc3)c(C)s2)c1F. The number of hydrogen-bond donors (Lipinski definition) is 1. The van der Waals surface area contributed by atoms with Crippen LogP contribution < -0.4 is 5.32 Å². The predicted octanol–water partition coefficient (Wildman–Crippen LogP) is 4.26. The van der Waals surface area contributed by atoms with E-state index >= 15 is 0 Å². The summed E-state index contributed by atoms with van der Waals surface area (Å²) >= 11 is 1.68. The molecule has 0 amide bonds. The van der Waals surface area contributed by atoms with Crippen molar-refractivity contribution in [1.82, 2.24) is 15.0 Å². The summed E-state index contributed by atoms with van der Waals surface area (Å²) < 4.78 is 14.1. The van der Waals surface area contributed by atoms with Crippen LogP contribution in [-0.2, 0) is 12.8 Å². The van der Waals surface area contributed by atoms with Crippen molar-refractivity contribution in [1.29, 1.82) is 0 Å². The number of anilines is 1. The van der Waals surface area contributed by atoms with Gasteiger partial charge in [-0.05, 0) is 13.3 Å². The zero-order chi connectivity index (χ0) is 16.9. The van der Waals surface area contributed by atoms with E-state index in [-0.39, 0.29) is 11.6 Å². The van der Waals surface area contributed by atoms with E-state index in [9.17, 15) is 4.39 Å². The first-order valence-electron chi connectivity index (χ1n) is 7.94. The second-order valence-electron chi connectivity index (χ2n) is 5.39. The smallest absolute Gasteiger partial charge is 0.186 e. The Morgan fingerprint density at radius 2 is 1.96 bits per heavy atom. The molecule has 0 bridgehead atoms.